The lowest BCUT2D eigenvalue weighted by atomic mass is 9.86. The average molecular weight is 302 g/mol. The van der Waals surface area contributed by atoms with E-state index in [1.807, 2.05) is 11.8 Å². The van der Waals surface area contributed by atoms with E-state index in [0.717, 1.165) is 32.5 Å². The first-order valence-electron chi connectivity index (χ1n) is 8.36. The molecule has 2 heterocycles. The topological polar surface area (TPSA) is 41.6 Å². The summed E-state index contributed by atoms with van der Waals surface area (Å²) in [4.78, 5) is 14.7. The number of hydrogen-bond acceptors (Lipinski definition) is 3. The molecule has 2 aliphatic rings. The van der Waals surface area contributed by atoms with Crippen molar-refractivity contribution in [1.29, 1.82) is 0 Å². The molecule has 4 nitrogen and oxygen atoms in total. The lowest BCUT2D eigenvalue weighted by Gasteiger charge is -2.37. The summed E-state index contributed by atoms with van der Waals surface area (Å²) < 4.78 is 5.60. The highest BCUT2D eigenvalue weighted by atomic mass is 16.5. The molecular weight excluding hydrogens is 276 g/mol. The molecule has 0 spiro atoms. The molecule has 1 aromatic carbocycles. The summed E-state index contributed by atoms with van der Waals surface area (Å²) >= 11 is 0. The first-order chi connectivity index (χ1) is 10.7. The zero-order valence-corrected chi connectivity index (χ0v) is 13.5. The number of nitrogens with zero attached hydrogens (tertiary/aromatic N) is 1. The van der Waals surface area contributed by atoms with Crippen LogP contribution in [0.3, 0.4) is 0 Å². The number of ether oxygens (including phenoxy) is 1. The molecule has 2 atom stereocenters. The number of piperidine rings is 1. The number of likely N-dealkylation sites (tertiary alicyclic amines) is 1. The third-order valence-electron chi connectivity index (χ3n) is 5.02. The third-order valence-corrected chi connectivity index (χ3v) is 5.02. The normalized spacial score (nSPS) is 26.9. The van der Waals surface area contributed by atoms with Gasteiger partial charge < -0.3 is 15.0 Å². The van der Waals surface area contributed by atoms with Gasteiger partial charge in [0.05, 0.1) is 12.7 Å². The molecule has 2 saturated heterocycles. The van der Waals surface area contributed by atoms with Gasteiger partial charge in [-0.25, -0.2) is 0 Å². The number of hydrogen-bond donors (Lipinski definition) is 1. The van der Waals surface area contributed by atoms with Gasteiger partial charge in [-0.05, 0) is 43.7 Å². The second kappa shape index (κ2) is 6.80. The van der Waals surface area contributed by atoms with Gasteiger partial charge in [-0.2, -0.15) is 0 Å². The van der Waals surface area contributed by atoms with Gasteiger partial charge in [-0.3, -0.25) is 4.79 Å². The fraction of sp³-hybridized carbons (Fsp3) is 0.611. The number of amides is 1. The average Bonchev–Trinajstić information content (AvgIpc) is 2.55. The van der Waals surface area contributed by atoms with E-state index in [4.69, 9.17) is 4.74 Å². The molecule has 0 bridgehead atoms. The molecule has 0 unspecified atom stereocenters. The SMILES string of the molecule is Cc1ccccc1C1CCN(C(=O)[C@H]2NCCO[C@@H]2C)CC1. The molecule has 0 aliphatic carbocycles. The molecule has 1 aromatic rings. The Morgan fingerprint density at radius 1 is 1.27 bits per heavy atom. The molecule has 0 aromatic heterocycles. The highest BCUT2D eigenvalue weighted by Gasteiger charge is 2.33. The Morgan fingerprint density at radius 2 is 2.00 bits per heavy atom. The van der Waals surface area contributed by atoms with E-state index in [-0.39, 0.29) is 18.1 Å². The van der Waals surface area contributed by atoms with Crippen molar-refractivity contribution in [3.05, 3.63) is 35.4 Å². The Hall–Kier alpha value is -1.39. The minimum atomic E-state index is -0.177. The van der Waals surface area contributed by atoms with Crippen molar-refractivity contribution in [2.24, 2.45) is 0 Å². The van der Waals surface area contributed by atoms with E-state index < -0.39 is 0 Å². The Labute approximate surface area is 132 Å². The van der Waals surface area contributed by atoms with Crippen molar-refractivity contribution >= 4 is 5.91 Å². The number of carbonyl (C=O) groups is 1. The lowest BCUT2D eigenvalue weighted by Crippen LogP contribution is -2.57. The fourth-order valence-electron chi connectivity index (χ4n) is 3.66. The Morgan fingerprint density at radius 3 is 2.68 bits per heavy atom. The van der Waals surface area contributed by atoms with Crippen LogP contribution in [-0.4, -0.2) is 49.2 Å². The van der Waals surface area contributed by atoms with Crippen LogP contribution in [0.1, 0.15) is 36.8 Å². The number of aryl methyl sites for hydroxylation is 1. The van der Waals surface area contributed by atoms with Crippen LogP contribution in [-0.2, 0) is 9.53 Å². The third kappa shape index (κ3) is 3.18. The van der Waals surface area contributed by atoms with Crippen molar-refractivity contribution in [1.82, 2.24) is 10.2 Å². The fourth-order valence-corrected chi connectivity index (χ4v) is 3.66. The standard InChI is InChI=1S/C18H26N2O2/c1-13-5-3-4-6-16(13)15-7-10-20(11-8-15)18(21)17-14(2)22-12-9-19-17/h3-6,14-15,17,19H,7-12H2,1-2H3/t14-,17+/m1/s1. The molecule has 120 valence electrons. The Balaban J connectivity index is 1.59. The zero-order valence-electron chi connectivity index (χ0n) is 13.5. The van der Waals surface area contributed by atoms with E-state index in [2.05, 4.69) is 36.5 Å². The molecule has 22 heavy (non-hydrogen) atoms. The predicted octanol–water partition coefficient (Wildman–Crippen LogP) is 2.08. The van der Waals surface area contributed by atoms with Crippen LogP contribution in [0.25, 0.3) is 0 Å². The second-order valence-electron chi connectivity index (χ2n) is 6.46. The van der Waals surface area contributed by atoms with Crippen molar-refractivity contribution in [2.45, 2.75) is 44.8 Å². The van der Waals surface area contributed by atoms with Gasteiger partial charge in [0.2, 0.25) is 5.91 Å². The van der Waals surface area contributed by atoms with Crippen LogP contribution in [0.15, 0.2) is 24.3 Å². The highest BCUT2D eigenvalue weighted by Crippen LogP contribution is 2.30. The quantitative estimate of drug-likeness (QED) is 0.909. The van der Waals surface area contributed by atoms with E-state index in [0.29, 0.717) is 12.5 Å². The molecular formula is C18H26N2O2. The van der Waals surface area contributed by atoms with Crippen molar-refractivity contribution in [3.8, 4) is 0 Å². The molecule has 4 heteroatoms. The Kier molecular flexibility index (Phi) is 4.79. The number of nitrogens with one attached hydrogen (secondary N) is 1. The smallest absolute Gasteiger partial charge is 0.242 e. The van der Waals surface area contributed by atoms with Crippen LogP contribution in [0.4, 0.5) is 0 Å². The minimum Gasteiger partial charge on any atom is -0.375 e. The van der Waals surface area contributed by atoms with Gasteiger partial charge >= 0.3 is 0 Å². The second-order valence-corrected chi connectivity index (χ2v) is 6.46. The highest BCUT2D eigenvalue weighted by molar-refractivity contribution is 5.82. The monoisotopic (exact) mass is 302 g/mol. The molecule has 3 rings (SSSR count). The maximum atomic E-state index is 12.7. The summed E-state index contributed by atoms with van der Waals surface area (Å²) in [5.74, 6) is 0.786. The van der Waals surface area contributed by atoms with E-state index in [1.165, 1.54) is 11.1 Å². The molecule has 2 fully saturated rings. The molecule has 1 amide bonds. The number of benzene rings is 1. The van der Waals surface area contributed by atoms with Crippen LogP contribution >= 0.6 is 0 Å². The summed E-state index contributed by atoms with van der Waals surface area (Å²) in [5.41, 5.74) is 2.81. The van der Waals surface area contributed by atoms with Crippen molar-refractivity contribution in [3.63, 3.8) is 0 Å². The van der Waals surface area contributed by atoms with Crippen LogP contribution in [0.5, 0.6) is 0 Å². The lowest BCUT2D eigenvalue weighted by molar-refractivity contribution is -0.140. The summed E-state index contributed by atoms with van der Waals surface area (Å²) in [5, 5.41) is 3.30. The van der Waals surface area contributed by atoms with Gasteiger partial charge in [-0.1, -0.05) is 24.3 Å². The predicted molar refractivity (Wildman–Crippen MR) is 86.9 cm³/mol. The van der Waals surface area contributed by atoms with Crippen LogP contribution in [0.2, 0.25) is 0 Å². The van der Waals surface area contributed by atoms with Gasteiger partial charge in [0.1, 0.15) is 6.04 Å². The first kappa shape index (κ1) is 15.5. The molecule has 0 radical (unpaired) electrons. The van der Waals surface area contributed by atoms with Gasteiger partial charge in [0, 0.05) is 19.6 Å². The summed E-state index contributed by atoms with van der Waals surface area (Å²) in [6.45, 7) is 7.32. The minimum absolute atomic E-state index is 0.0321. The summed E-state index contributed by atoms with van der Waals surface area (Å²) in [7, 11) is 0. The summed E-state index contributed by atoms with van der Waals surface area (Å²) in [6.07, 6.45) is 2.08. The van der Waals surface area contributed by atoms with Gasteiger partial charge in [0.15, 0.2) is 0 Å². The van der Waals surface area contributed by atoms with Gasteiger partial charge in [-0.15, -0.1) is 0 Å². The van der Waals surface area contributed by atoms with Gasteiger partial charge in [0.25, 0.3) is 0 Å². The largest absolute Gasteiger partial charge is 0.375 e. The maximum Gasteiger partial charge on any atom is 0.242 e. The van der Waals surface area contributed by atoms with E-state index >= 15 is 0 Å². The van der Waals surface area contributed by atoms with E-state index in [1.54, 1.807) is 0 Å². The van der Waals surface area contributed by atoms with Crippen molar-refractivity contribution in [2.75, 3.05) is 26.2 Å². The zero-order chi connectivity index (χ0) is 15.5. The van der Waals surface area contributed by atoms with Crippen LogP contribution in [0, 0.1) is 6.92 Å². The number of carbonyl (C=O) groups excluding carboxylic acids is 1. The van der Waals surface area contributed by atoms with E-state index in [9.17, 15) is 4.79 Å². The number of rotatable bonds is 2. The summed E-state index contributed by atoms with van der Waals surface area (Å²) in [6, 6.07) is 8.44. The molecule has 2 aliphatic heterocycles. The van der Waals surface area contributed by atoms with Crippen LogP contribution < -0.4 is 5.32 Å². The van der Waals surface area contributed by atoms with Crippen molar-refractivity contribution < 1.29 is 9.53 Å². The maximum absolute atomic E-state index is 12.7. The molecule has 0 saturated carbocycles. The first-order valence-corrected chi connectivity index (χ1v) is 8.36. The molecule has 1 N–H and O–H groups in total. The number of morpholine rings is 1. The Bertz CT molecular complexity index is 524.